The first-order valence-corrected chi connectivity index (χ1v) is 9.37. The van der Waals surface area contributed by atoms with E-state index in [-0.39, 0.29) is 18.4 Å². The maximum Gasteiger partial charge on any atom is 0.243 e. The molecule has 0 unspecified atom stereocenters. The zero-order valence-corrected chi connectivity index (χ0v) is 16.7. The van der Waals surface area contributed by atoms with Crippen LogP contribution in [0.3, 0.4) is 0 Å². The van der Waals surface area contributed by atoms with Crippen LogP contribution in [0, 0.1) is 12.3 Å². The summed E-state index contributed by atoms with van der Waals surface area (Å²) in [6.45, 7) is 15.0. The van der Waals surface area contributed by atoms with Gasteiger partial charge in [0.2, 0.25) is 11.8 Å². The van der Waals surface area contributed by atoms with Crippen molar-refractivity contribution in [1.29, 1.82) is 0 Å². The van der Waals surface area contributed by atoms with Crippen molar-refractivity contribution in [2.45, 2.75) is 34.6 Å². The van der Waals surface area contributed by atoms with Crippen molar-refractivity contribution in [2.24, 2.45) is 5.41 Å². The Balaban J connectivity index is 1.91. The van der Waals surface area contributed by atoms with Crippen LogP contribution in [0.15, 0.2) is 18.2 Å². The minimum atomic E-state index is -0.500. The molecule has 1 aliphatic heterocycles. The standard InChI is InChI=1S/C20H32N4O2/c1-6-23-9-11-24(12-10-23)16-7-8-17(15(2)13-16)22-18(25)14-21-19(26)20(3,4)5/h7-8,13H,6,9-12,14H2,1-5H3,(H,21,26)(H,22,25). The van der Waals surface area contributed by atoms with Gasteiger partial charge in [0.15, 0.2) is 0 Å². The number of nitrogens with one attached hydrogen (secondary N) is 2. The summed E-state index contributed by atoms with van der Waals surface area (Å²) in [5, 5.41) is 5.55. The minimum Gasteiger partial charge on any atom is -0.369 e. The summed E-state index contributed by atoms with van der Waals surface area (Å²) in [7, 11) is 0. The third-order valence-electron chi connectivity index (χ3n) is 4.76. The summed E-state index contributed by atoms with van der Waals surface area (Å²) in [4.78, 5) is 28.8. The lowest BCUT2D eigenvalue weighted by atomic mass is 9.96. The molecule has 0 radical (unpaired) electrons. The number of amides is 2. The molecular weight excluding hydrogens is 328 g/mol. The number of likely N-dealkylation sites (N-methyl/N-ethyl adjacent to an activating group) is 1. The van der Waals surface area contributed by atoms with Crippen LogP contribution in [0.25, 0.3) is 0 Å². The largest absolute Gasteiger partial charge is 0.369 e. The van der Waals surface area contributed by atoms with E-state index < -0.39 is 5.41 Å². The molecule has 144 valence electrons. The fourth-order valence-corrected chi connectivity index (χ4v) is 2.93. The third kappa shape index (κ3) is 5.46. The van der Waals surface area contributed by atoms with Crippen molar-refractivity contribution >= 4 is 23.2 Å². The molecule has 1 aliphatic rings. The van der Waals surface area contributed by atoms with Gasteiger partial charge in [-0.15, -0.1) is 0 Å². The number of nitrogens with zero attached hydrogens (tertiary/aromatic N) is 2. The van der Waals surface area contributed by atoms with Gasteiger partial charge in [0.1, 0.15) is 0 Å². The van der Waals surface area contributed by atoms with Gasteiger partial charge >= 0.3 is 0 Å². The maximum atomic E-state index is 12.1. The van der Waals surface area contributed by atoms with E-state index in [1.807, 2.05) is 33.8 Å². The zero-order valence-electron chi connectivity index (χ0n) is 16.7. The summed E-state index contributed by atoms with van der Waals surface area (Å²) < 4.78 is 0. The molecule has 0 aromatic heterocycles. The van der Waals surface area contributed by atoms with E-state index in [1.54, 1.807) is 0 Å². The van der Waals surface area contributed by atoms with Gasteiger partial charge in [-0.1, -0.05) is 27.7 Å². The number of hydrogen-bond acceptors (Lipinski definition) is 4. The maximum absolute atomic E-state index is 12.1. The summed E-state index contributed by atoms with van der Waals surface area (Å²) in [6, 6.07) is 6.11. The average molecular weight is 361 g/mol. The molecule has 1 fully saturated rings. The van der Waals surface area contributed by atoms with E-state index in [0.29, 0.717) is 0 Å². The lowest BCUT2D eigenvalue weighted by Gasteiger charge is -2.35. The minimum absolute atomic E-state index is 0.0176. The average Bonchev–Trinajstić information content (AvgIpc) is 2.60. The molecule has 2 rings (SSSR count). The van der Waals surface area contributed by atoms with Crippen molar-refractivity contribution < 1.29 is 9.59 Å². The monoisotopic (exact) mass is 360 g/mol. The second-order valence-electron chi connectivity index (χ2n) is 7.90. The van der Waals surface area contributed by atoms with Gasteiger partial charge in [0.25, 0.3) is 0 Å². The number of anilines is 2. The fourth-order valence-electron chi connectivity index (χ4n) is 2.93. The van der Waals surface area contributed by atoms with Crippen LogP contribution >= 0.6 is 0 Å². The van der Waals surface area contributed by atoms with Crippen molar-refractivity contribution in [3.05, 3.63) is 23.8 Å². The van der Waals surface area contributed by atoms with E-state index in [2.05, 4.69) is 39.5 Å². The van der Waals surface area contributed by atoms with Crippen LogP contribution < -0.4 is 15.5 Å². The van der Waals surface area contributed by atoms with E-state index in [0.717, 1.165) is 44.0 Å². The number of rotatable bonds is 5. The molecule has 2 N–H and O–H groups in total. The SMILES string of the molecule is CCN1CCN(c2ccc(NC(=O)CNC(=O)C(C)(C)C)c(C)c2)CC1. The molecule has 26 heavy (non-hydrogen) atoms. The quantitative estimate of drug-likeness (QED) is 0.845. The molecule has 6 heteroatoms. The summed E-state index contributed by atoms with van der Waals surface area (Å²) in [5.41, 5.74) is 2.50. The molecule has 6 nitrogen and oxygen atoms in total. The lowest BCUT2D eigenvalue weighted by Crippen LogP contribution is -2.46. The van der Waals surface area contributed by atoms with E-state index in [1.165, 1.54) is 5.69 Å². The first-order chi connectivity index (χ1) is 12.2. The second kappa shape index (κ2) is 8.54. The zero-order chi connectivity index (χ0) is 19.3. The first-order valence-electron chi connectivity index (χ1n) is 9.37. The number of hydrogen-bond donors (Lipinski definition) is 2. The normalized spacial score (nSPS) is 15.7. The Morgan fingerprint density at radius 2 is 1.77 bits per heavy atom. The van der Waals surface area contributed by atoms with Crippen molar-refractivity contribution in [3.8, 4) is 0 Å². The summed E-state index contributed by atoms with van der Waals surface area (Å²) in [5.74, 6) is -0.346. The van der Waals surface area contributed by atoms with Gasteiger partial charge in [0, 0.05) is 43.0 Å². The van der Waals surface area contributed by atoms with E-state index in [9.17, 15) is 9.59 Å². The number of benzene rings is 1. The Hall–Kier alpha value is -2.08. The van der Waals surface area contributed by atoms with Gasteiger partial charge in [0.05, 0.1) is 6.54 Å². The molecule has 1 saturated heterocycles. The van der Waals surface area contributed by atoms with Gasteiger partial charge in [-0.05, 0) is 37.2 Å². The second-order valence-corrected chi connectivity index (χ2v) is 7.90. The van der Waals surface area contributed by atoms with E-state index in [4.69, 9.17) is 0 Å². The highest BCUT2D eigenvalue weighted by molar-refractivity contribution is 5.95. The summed E-state index contributed by atoms with van der Waals surface area (Å²) in [6.07, 6.45) is 0. The van der Waals surface area contributed by atoms with Crippen molar-refractivity contribution in [1.82, 2.24) is 10.2 Å². The molecule has 2 amide bonds. The van der Waals surface area contributed by atoms with Crippen LogP contribution in [0.1, 0.15) is 33.3 Å². The van der Waals surface area contributed by atoms with Gasteiger partial charge in [-0.25, -0.2) is 0 Å². The topological polar surface area (TPSA) is 64.7 Å². The molecule has 1 heterocycles. The van der Waals surface area contributed by atoms with Crippen LogP contribution in [0.5, 0.6) is 0 Å². The molecular formula is C20H32N4O2. The smallest absolute Gasteiger partial charge is 0.243 e. The Morgan fingerprint density at radius 1 is 1.12 bits per heavy atom. The van der Waals surface area contributed by atoms with Gasteiger partial charge in [-0.2, -0.15) is 0 Å². The Kier molecular flexibility index (Phi) is 6.64. The number of carbonyl (C=O) groups excluding carboxylic acids is 2. The number of piperazine rings is 1. The van der Waals surface area contributed by atoms with Gasteiger partial charge in [-0.3, -0.25) is 9.59 Å². The summed E-state index contributed by atoms with van der Waals surface area (Å²) >= 11 is 0. The lowest BCUT2D eigenvalue weighted by molar-refractivity contribution is -0.130. The predicted molar refractivity (Wildman–Crippen MR) is 107 cm³/mol. The Labute approximate surface area is 156 Å². The highest BCUT2D eigenvalue weighted by atomic mass is 16.2. The third-order valence-corrected chi connectivity index (χ3v) is 4.76. The van der Waals surface area contributed by atoms with Crippen LogP contribution in [0.2, 0.25) is 0 Å². The van der Waals surface area contributed by atoms with Gasteiger partial charge < -0.3 is 20.4 Å². The Bertz CT molecular complexity index is 644. The molecule has 0 atom stereocenters. The van der Waals surface area contributed by atoms with Crippen LogP contribution in [0.4, 0.5) is 11.4 Å². The van der Waals surface area contributed by atoms with Crippen LogP contribution in [-0.2, 0) is 9.59 Å². The van der Waals surface area contributed by atoms with Crippen LogP contribution in [-0.4, -0.2) is 56.0 Å². The molecule has 0 saturated carbocycles. The molecule has 0 aliphatic carbocycles. The number of carbonyl (C=O) groups is 2. The highest BCUT2D eigenvalue weighted by Crippen LogP contribution is 2.23. The molecule has 1 aromatic carbocycles. The predicted octanol–water partition coefficient (Wildman–Crippen LogP) is 2.24. The van der Waals surface area contributed by atoms with Crippen molar-refractivity contribution in [3.63, 3.8) is 0 Å². The van der Waals surface area contributed by atoms with E-state index >= 15 is 0 Å². The first kappa shape index (κ1) is 20.2. The molecule has 1 aromatic rings. The molecule has 0 bridgehead atoms. The highest BCUT2D eigenvalue weighted by Gasteiger charge is 2.21. The molecule has 0 spiro atoms. The van der Waals surface area contributed by atoms with Crippen molar-refractivity contribution in [2.75, 3.05) is 49.5 Å². The fraction of sp³-hybridized carbons (Fsp3) is 0.600. The number of aryl methyl sites for hydroxylation is 1. The Morgan fingerprint density at radius 3 is 2.31 bits per heavy atom.